The summed E-state index contributed by atoms with van der Waals surface area (Å²) >= 11 is 0. The van der Waals surface area contributed by atoms with Crippen molar-refractivity contribution in [2.45, 2.75) is 78.3 Å². The lowest BCUT2D eigenvalue weighted by Gasteiger charge is -2.41. The van der Waals surface area contributed by atoms with Gasteiger partial charge >= 0.3 is 0 Å². The van der Waals surface area contributed by atoms with Gasteiger partial charge in [0, 0.05) is 25.2 Å². The fraction of sp³-hybridized carbons (Fsp3) is 1.00. The number of likely N-dealkylation sites (N-methyl/N-ethyl adjacent to an activating group) is 1. The van der Waals surface area contributed by atoms with Crippen LogP contribution in [0.1, 0.15) is 66.2 Å². The van der Waals surface area contributed by atoms with E-state index in [1.807, 2.05) is 0 Å². The molecule has 0 spiro atoms. The summed E-state index contributed by atoms with van der Waals surface area (Å²) in [5.74, 6) is 0.859. The van der Waals surface area contributed by atoms with Crippen molar-refractivity contribution < 1.29 is 0 Å². The van der Waals surface area contributed by atoms with Crippen molar-refractivity contribution in [3.8, 4) is 0 Å². The highest BCUT2D eigenvalue weighted by molar-refractivity contribution is 4.89. The molecule has 2 unspecified atom stereocenters. The third-order valence-corrected chi connectivity index (χ3v) is 5.15. The molecule has 2 aliphatic carbocycles. The molecule has 0 aromatic heterocycles. The molecule has 0 bridgehead atoms. The Morgan fingerprint density at radius 3 is 2.32 bits per heavy atom. The second-order valence-electron chi connectivity index (χ2n) is 7.68. The molecular formula is C17H34N2. The number of nitrogens with one attached hydrogen (secondary N) is 1. The zero-order valence-electron chi connectivity index (χ0n) is 13.5. The number of hydrogen-bond donors (Lipinski definition) is 1. The Morgan fingerprint density at radius 1 is 1.05 bits per heavy atom. The number of hydrogen-bond acceptors (Lipinski definition) is 2. The van der Waals surface area contributed by atoms with E-state index < -0.39 is 0 Å². The molecule has 1 N–H and O–H groups in total. The molecule has 2 fully saturated rings. The second kappa shape index (κ2) is 6.58. The smallest absolute Gasteiger partial charge is 0.0110 e. The van der Waals surface area contributed by atoms with Crippen LogP contribution in [-0.2, 0) is 0 Å². The van der Waals surface area contributed by atoms with Crippen LogP contribution < -0.4 is 5.32 Å². The SMILES string of the molecule is CCN(CCNC1CCCCC1C(C)(C)C)C1CC1. The van der Waals surface area contributed by atoms with E-state index in [2.05, 4.69) is 37.9 Å². The van der Waals surface area contributed by atoms with Crippen molar-refractivity contribution in [3.63, 3.8) is 0 Å². The molecule has 0 aliphatic heterocycles. The Bertz CT molecular complexity index is 265. The van der Waals surface area contributed by atoms with Gasteiger partial charge in [-0.1, -0.05) is 40.5 Å². The van der Waals surface area contributed by atoms with E-state index in [1.165, 1.54) is 58.2 Å². The average Bonchev–Trinajstić information content (AvgIpc) is 3.18. The second-order valence-corrected chi connectivity index (χ2v) is 7.68. The van der Waals surface area contributed by atoms with E-state index in [-0.39, 0.29) is 0 Å². The van der Waals surface area contributed by atoms with Crippen LogP contribution in [0, 0.1) is 11.3 Å². The van der Waals surface area contributed by atoms with E-state index in [1.54, 1.807) is 0 Å². The molecular weight excluding hydrogens is 232 g/mol. The monoisotopic (exact) mass is 266 g/mol. The highest BCUT2D eigenvalue weighted by atomic mass is 15.2. The fourth-order valence-electron chi connectivity index (χ4n) is 3.84. The molecule has 19 heavy (non-hydrogen) atoms. The van der Waals surface area contributed by atoms with Crippen LogP contribution in [0.25, 0.3) is 0 Å². The van der Waals surface area contributed by atoms with Gasteiger partial charge in [-0.3, -0.25) is 4.90 Å². The molecule has 0 aromatic rings. The predicted octanol–water partition coefficient (Wildman–Crippen LogP) is 3.67. The van der Waals surface area contributed by atoms with E-state index in [0.717, 1.165) is 18.0 Å². The summed E-state index contributed by atoms with van der Waals surface area (Å²) in [5.41, 5.74) is 0.457. The minimum absolute atomic E-state index is 0.457. The van der Waals surface area contributed by atoms with Gasteiger partial charge in [-0.05, 0) is 43.6 Å². The van der Waals surface area contributed by atoms with E-state index in [4.69, 9.17) is 0 Å². The third-order valence-electron chi connectivity index (χ3n) is 5.15. The van der Waals surface area contributed by atoms with Crippen molar-refractivity contribution in [2.75, 3.05) is 19.6 Å². The van der Waals surface area contributed by atoms with Gasteiger partial charge in [0.1, 0.15) is 0 Å². The Hall–Kier alpha value is -0.0800. The van der Waals surface area contributed by atoms with Gasteiger partial charge in [0.15, 0.2) is 0 Å². The quantitative estimate of drug-likeness (QED) is 0.789. The Morgan fingerprint density at radius 2 is 1.74 bits per heavy atom. The van der Waals surface area contributed by atoms with E-state index >= 15 is 0 Å². The minimum atomic E-state index is 0.457. The first kappa shape index (κ1) is 15.3. The molecule has 2 nitrogen and oxygen atoms in total. The van der Waals surface area contributed by atoms with Crippen molar-refractivity contribution in [2.24, 2.45) is 11.3 Å². The first-order chi connectivity index (χ1) is 9.02. The largest absolute Gasteiger partial charge is 0.312 e. The molecule has 2 rings (SSSR count). The van der Waals surface area contributed by atoms with E-state index in [9.17, 15) is 0 Å². The third kappa shape index (κ3) is 4.46. The first-order valence-electron chi connectivity index (χ1n) is 8.49. The molecule has 0 saturated heterocycles. The van der Waals surface area contributed by atoms with Crippen LogP contribution in [0.4, 0.5) is 0 Å². The van der Waals surface area contributed by atoms with E-state index in [0.29, 0.717) is 5.41 Å². The number of rotatable bonds is 6. The normalized spacial score (nSPS) is 28.9. The lowest BCUT2D eigenvalue weighted by Crippen LogP contribution is -2.46. The lowest BCUT2D eigenvalue weighted by atomic mass is 9.69. The summed E-state index contributed by atoms with van der Waals surface area (Å²) in [6, 6.07) is 1.67. The van der Waals surface area contributed by atoms with Gasteiger partial charge in [0.2, 0.25) is 0 Å². The maximum Gasteiger partial charge on any atom is 0.0110 e. The van der Waals surface area contributed by atoms with Crippen LogP contribution >= 0.6 is 0 Å². The van der Waals surface area contributed by atoms with Crippen molar-refractivity contribution in [3.05, 3.63) is 0 Å². The molecule has 2 atom stereocenters. The van der Waals surface area contributed by atoms with Gasteiger partial charge in [0.25, 0.3) is 0 Å². The van der Waals surface area contributed by atoms with Crippen molar-refractivity contribution >= 4 is 0 Å². The summed E-state index contributed by atoms with van der Waals surface area (Å²) in [4.78, 5) is 2.65. The standard InChI is InChI=1S/C17H34N2/c1-5-19(14-10-11-14)13-12-18-16-9-7-6-8-15(16)17(2,3)4/h14-16,18H,5-13H2,1-4H3. The summed E-state index contributed by atoms with van der Waals surface area (Å²) in [6.07, 6.45) is 8.52. The Kier molecular flexibility index (Phi) is 5.30. The molecule has 0 amide bonds. The maximum atomic E-state index is 3.88. The van der Waals surface area contributed by atoms with Crippen molar-refractivity contribution in [1.82, 2.24) is 10.2 Å². The van der Waals surface area contributed by atoms with Crippen LogP contribution in [-0.4, -0.2) is 36.6 Å². The van der Waals surface area contributed by atoms with Crippen LogP contribution in [0.15, 0.2) is 0 Å². The average molecular weight is 266 g/mol. The van der Waals surface area contributed by atoms with Gasteiger partial charge in [-0.2, -0.15) is 0 Å². The Labute approximate surface area is 120 Å². The first-order valence-corrected chi connectivity index (χ1v) is 8.49. The van der Waals surface area contributed by atoms with Crippen molar-refractivity contribution in [1.29, 1.82) is 0 Å². The Balaban J connectivity index is 1.76. The van der Waals surface area contributed by atoms with Gasteiger partial charge in [0.05, 0.1) is 0 Å². The topological polar surface area (TPSA) is 15.3 Å². The van der Waals surface area contributed by atoms with Gasteiger partial charge in [-0.25, -0.2) is 0 Å². The summed E-state index contributed by atoms with van der Waals surface area (Å²) in [7, 11) is 0. The highest BCUT2D eigenvalue weighted by Crippen LogP contribution is 2.37. The highest BCUT2D eigenvalue weighted by Gasteiger charge is 2.34. The molecule has 0 aromatic carbocycles. The van der Waals surface area contributed by atoms with Gasteiger partial charge in [-0.15, -0.1) is 0 Å². The molecule has 112 valence electrons. The van der Waals surface area contributed by atoms with Crippen LogP contribution in [0.2, 0.25) is 0 Å². The van der Waals surface area contributed by atoms with Gasteiger partial charge < -0.3 is 5.32 Å². The summed E-state index contributed by atoms with van der Waals surface area (Å²) in [6.45, 7) is 13.2. The molecule has 2 aliphatic rings. The molecule has 0 radical (unpaired) electrons. The molecule has 2 saturated carbocycles. The predicted molar refractivity (Wildman–Crippen MR) is 83.5 cm³/mol. The zero-order valence-corrected chi connectivity index (χ0v) is 13.5. The summed E-state index contributed by atoms with van der Waals surface area (Å²) < 4.78 is 0. The van der Waals surface area contributed by atoms with Crippen LogP contribution in [0.5, 0.6) is 0 Å². The minimum Gasteiger partial charge on any atom is -0.312 e. The fourth-order valence-corrected chi connectivity index (χ4v) is 3.84. The zero-order chi connectivity index (χ0) is 13.9. The molecule has 0 heterocycles. The molecule has 2 heteroatoms. The van der Waals surface area contributed by atoms with Crippen LogP contribution in [0.3, 0.4) is 0 Å². The maximum absolute atomic E-state index is 3.88. The summed E-state index contributed by atoms with van der Waals surface area (Å²) in [5, 5.41) is 3.88. The number of nitrogens with zero attached hydrogens (tertiary/aromatic N) is 1. The lowest BCUT2D eigenvalue weighted by molar-refractivity contribution is 0.128.